The van der Waals surface area contributed by atoms with E-state index in [4.69, 9.17) is 0 Å². The van der Waals surface area contributed by atoms with Crippen LogP contribution in [-0.2, 0) is 6.42 Å². The van der Waals surface area contributed by atoms with E-state index in [2.05, 4.69) is 49.6 Å². The molecule has 1 aliphatic rings. The Balaban J connectivity index is 2.26. The lowest BCUT2D eigenvalue weighted by atomic mass is 9.96. The summed E-state index contributed by atoms with van der Waals surface area (Å²) in [7, 11) is 0. The predicted molar refractivity (Wildman–Crippen MR) is 77.2 cm³/mol. The summed E-state index contributed by atoms with van der Waals surface area (Å²) < 4.78 is 2.27. The quantitative estimate of drug-likeness (QED) is 0.755. The number of hydrogen-bond acceptors (Lipinski definition) is 1. The molecule has 0 fully saturated rings. The lowest BCUT2D eigenvalue weighted by Crippen LogP contribution is -2.13. The van der Waals surface area contributed by atoms with Gasteiger partial charge >= 0.3 is 0 Å². The van der Waals surface area contributed by atoms with Crippen LogP contribution in [0.25, 0.3) is 5.69 Å². The number of ketones is 1. The van der Waals surface area contributed by atoms with Crippen LogP contribution in [0.15, 0.2) is 24.3 Å². The molecule has 98 valence electrons. The fourth-order valence-electron chi connectivity index (χ4n) is 3.04. The van der Waals surface area contributed by atoms with Gasteiger partial charge in [0, 0.05) is 29.1 Å². The average molecular weight is 253 g/mol. The van der Waals surface area contributed by atoms with Gasteiger partial charge in [0.05, 0.1) is 0 Å². The molecule has 0 aliphatic heterocycles. The molecule has 2 aromatic rings. The number of Topliss-reactive ketones (excluding diaryl/α,β-unsaturated/α-hetero) is 1. The molecule has 0 spiro atoms. The van der Waals surface area contributed by atoms with Crippen LogP contribution < -0.4 is 0 Å². The number of hydrogen-bond donors (Lipinski definition) is 0. The average Bonchev–Trinajstić information content (AvgIpc) is 2.71. The Morgan fingerprint density at radius 2 is 1.89 bits per heavy atom. The minimum Gasteiger partial charge on any atom is -0.317 e. The van der Waals surface area contributed by atoms with Crippen molar-refractivity contribution in [3.05, 3.63) is 52.3 Å². The highest BCUT2D eigenvalue weighted by Gasteiger charge is 2.23. The number of aromatic nitrogens is 1. The Bertz CT molecular complexity index is 664. The molecule has 0 N–H and O–H groups in total. The summed E-state index contributed by atoms with van der Waals surface area (Å²) in [6.45, 7) is 6.38. The first-order chi connectivity index (χ1) is 9.09. The van der Waals surface area contributed by atoms with Crippen molar-refractivity contribution in [3.8, 4) is 5.69 Å². The maximum Gasteiger partial charge on any atom is 0.164 e. The smallest absolute Gasteiger partial charge is 0.164 e. The van der Waals surface area contributed by atoms with Crippen molar-refractivity contribution in [1.82, 2.24) is 4.57 Å². The number of fused-ring (bicyclic) bond motifs is 1. The molecule has 1 heterocycles. The minimum absolute atomic E-state index is 0.299. The molecule has 1 aromatic heterocycles. The summed E-state index contributed by atoms with van der Waals surface area (Å²) in [5.74, 6) is 0.299. The van der Waals surface area contributed by atoms with E-state index in [-0.39, 0.29) is 0 Å². The van der Waals surface area contributed by atoms with Crippen LogP contribution >= 0.6 is 0 Å². The zero-order valence-electron chi connectivity index (χ0n) is 11.8. The third-order valence-electron chi connectivity index (χ3n) is 4.22. The van der Waals surface area contributed by atoms with Gasteiger partial charge in [-0.15, -0.1) is 0 Å². The molecule has 2 heteroatoms. The van der Waals surface area contributed by atoms with E-state index < -0.39 is 0 Å². The Kier molecular flexibility index (Phi) is 2.81. The number of aryl methyl sites for hydroxylation is 2. The molecule has 0 unspecified atom stereocenters. The summed E-state index contributed by atoms with van der Waals surface area (Å²) >= 11 is 0. The summed E-state index contributed by atoms with van der Waals surface area (Å²) in [5.41, 5.74) is 7.10. The van der Waals surface area contributed by atoms with Gasteiger partial charge in [-0.3, -0.25) is 4.79 Å². The third kappa shape index (κ3) is 1.83. The Morgan fingerprint density at radius 3 is 2.68 bits per heavy atom. The van der Waals surface area contributed by atoms with Gasteiger partial charge in [-0.1, -0.05) is 12.1 Å². The van der Waals surface area contributed by atoms with Crippen molar-refractivity contribution in [2.45, 2.75) is 40.0 Å². The van der Waals surface area contributed by atoms with E-state index in [1.54, 1.807) is 0 Å². The van der Waals surface area contributed by atoms with Crippen molar-refractivity contribution in [1.29, 1.82) is 0 Å². The number of benzene rings is 1. The molecule has 3 rings (SSSR count). The molecular weight excluding hydrogens is 234 g/mol. The fourth-order valence-corrected chi connectivity index (χ4v) is 3.04. The molecule has 0 atom stereocenters. The second-order valence-electron chi connectivity index (χ2n) is 5.48. The number of carbonyl (C=O) groups excluding carboxylic acids is 1. The molecule has 2 nitrogen and oxygen atoms in total. The maximum atomic E-state index is 12.0. The lowest BCUT2D eigenvalue weighted by molar-refractivity contribution is 0.0972. The highest BCUT2D eigenvalue weighted by atomic mass is 16.1. The largest absolute Gasteiger partial charge is 0.317 e. The summed E-state index contributed by atoms with van der Waals surface area (Å²) in [6, 6.07) is 8.43. The molecule has 1 aromatic carbocycles. The van der Waals surface area contributed by atoms with Gasteiger partial charge in [-0.2, -0.15) is 0 Å². The van der Waals surface area contributed by atoms with Gasteiger partial charge in [0.15, 0.2) is 5.78 Å². The van der Waals surface area contributed by atoms with E-state index in [0.29, 0.717) is 12.2 Å². The Labute approximate surface area is 114 Å². The molecule has 0 bridgehead atoms. The van der Waals surface area contributed by atoms with E-state index in [1.807, 2.05) is 0 Å². The topological polar surface area (TPSA) is 22.0 Å². The van der Waals surface area contributed by atoms with Crippen molar-refractivity contribution in [2.75, 3.05) is 0 Å². The monoisotopic (exact) mass is 253 g/mol. The molecule has 19 heavy (non-hydrogen) atoms. The standard InChI is InChI=1S/C17H19NO/c1-11-6-4-7-15(13(11)3)18-12(2)10-14-16(18)8-5-9-17(14)19/h4,6-7,10H,5,8-9H2,1-3H3. The minimum atomic E-state index is 0.299. The van der Waals surface area contributed by atoms with Gasteiger partial charge in [-0.25, -0.2) is 0 Å². The number of carbonyl (C=O) groups is 1. The van der Waals surface area contributed by atoms with Crippen LogP contribution in [-0.4, -0.2) is 10.4 Å². The maximum absolute atomic E-state index is 12.0. The van der Waals surface area contributed by atoms with Crippen molar-refractivity contribution >= 4 is 5.78 Å². The highest BCUT2D eigenvalue weighted by molar-refractivity contribution is 5.98. The second-order valence-corrected chi connectivity index (χ2v) is 5.48. The number of nitrogens with zero attached hydrogens (tertiary/aromatic N) is 1. The normalized spacial score (nSPS) is 14.6. The molecule has 0 saturated carbocycles. The molecular formula is C17H19NO. The van der Waals surface area contributed by atoms with Gasteiger partial charge in [0.2, 0.25) is 0 Å². The summed E-state index contributed by atoms with van der Waals surface area (Å²) in [5, 5.41) is 0. The van der Waals surface area contributed by atoms with E-state index in [0.717, 1.165) is 24.1 Å². The molecule has 1 aliphatic carbocycles. The molecule has 0 saturated heterocycles. The van der Waals surface area contributed by atoms with Crippen molar-refractivity contribution in [2.24, 2.45) is 0 Å². The van der Waals surface area contributed by atoms with Crippen LogP contribution in [0.5, 0.6) is 0 Å². The van der Waals surface area contributed by atoms with Crippen LogP contribution in [0.3, 0.4) is 0 Å². The molecule has 0 amide bonds. The van der Waals surface area contributed by atoms with Crippen LogP contribution in [0.1, 0.15) is 45.7 Å². The van der Waals surface area contributed by atoms with Gasteiger partial charge < -0.3 is 4.57 Å². The predicted octanol–water partition coefficient (Wildman–Crippen LogP) is 3.92. The molecule has 0 radical (unpaired) electrons. The van der Waals surface area contributed by atoms with Gasteiger partial charge in [0.1, 0.15) is 0 Å². The second kappa shape index (κ2) is 4.37. The first-order valence-corrected chi connectivity index (χ1v) is 6.90. The third-order valence-corrected chi connectivity index (χ3v) is 4.22. The first-order valence-electron chi connectivity index (χ1n) is 6.90. The van der Waals surface area contributed by atoms with E-state index >= 15 is 0 Å². The van der Waals surface area contributed by atoms with Crippen LogP contribution in [0.2, 0.25) is 0 Å². The zero-order chi connectivity index (χ0) is 13.6. The van der Waals surface area contributed by atoms with Gasteiger partial charge in [0.25, 0.3) is 0 Å². The number of rotatable bonds is 1. The fraction of sp³-hybridized carbons (Fsp3) is 0.353. The first kappa shape index (κ1) is 12.2. The summed E-state index contributed by atoms with van der Waals surface area (Å²) in [4.78, 5) is 12.0. The zero-order valence-corrected chi connectivity index (χ0v) is 11.8. The summed E-state index contributed by atoms with van der Waals surface area (Å²) in [6.07, 6.45) is 2.67. The Hall–Kier alpha value is -1.83. The SMILES string of the molecule is Cc1cccc(-n2c(C)cc3c2CCCC3=O)c1C. The highest BCUT2D eigenvalue weighted by Crippen LogP contribution is 2.29. The lowest BCUT2D eigenvalue weighted by Gasteiger charge is -2.18. The van der Waals surface area contributed by atoms with E-state index in [1.165, 1.54) is 22.5 Å². The van der Waals surface area contributed by atoms with Gasteiger partial charge in [-0.05, 0) is 56.9 Å². The van der Waals surface area contributed by atoms with E-state index in [9.17, 15) is 4.79 Å². The van der Waals surface area contributed by atoms with Crippen molar-refractivity contribution in [3.63, 3.8) is 0 Å². The van der Waals surface area contributed by atoms with Crippen LogP contribution in [0, 0.1) is 20.8 Å². The van der Waals surface area contributed by atoms with Crippen molar-refractivity contribution < 1.29 is 4.79 Å². The van der Waals surface area contributed by atoms with Crippen LogP contribution in [0.4, 0.5) is 0 Å². The Morgan fingerprint density at radius 1 is 1.11 bits per heavy atom.